The van der Waals surface area contributed by atoms with Crippen molar-refractivity contribution in [3.05, 3.63) is 41.0 Å². The lowest BCUT2D eigenvalue weighted by molar-refractivity contribution is 0.379. The molecule has 0 aliphatic carbocycles. The summed E-state index contributed by atoms with van der Waals surface area (Å²) in [4.78, 5) is 4.09. The van der Waals surface area contributed by atoms with Crippen LogP contribution in [-0.4, -0.2) is 10.1 Å². The van der Waals surface area contributed by atoms with E-state index in [0.717, 1.165) is 11.3 Å². The number of nitriles is 1. The molecule has 0 unspecified atom stereocenters. The molecule has 0 spiro atoms. The zero-order chi connectivity index (χ0) is 12.3. The average Bonchev–Trinajstić information content (AvgIpc) is 2.73. The van der Waals surface area contributed by atoms with Crippen LogP contribution in [0.5, 0.6) is 0 Å². The van der Waals surface area contributed by atoms with E-state index in [1.54, 1.807) is 13.0 Å². The van der Waals surface area contributed by atoms with Crippen LogP contribution < -0.4 is 5.32 Å². The highest BCUT2D eigenvalue weighted by molar-refractivity contribution is 5.51. The molecule has 17 heavy (non-hydrogen) atoms. The smallest absolute Gasteiger partial charge is 0.245 e. The largest absolute Gasteiger partial charge is 0.376 e. The van der Waals surface area contributed by atoms with Gasteiger partial charge < -0.3 is 9.84 Å². The summed E-state index contributed by atoms with van der Waals surface area (Å²) in [5, 5.41) is 15.7. The first kappa shape index (κ1) is 11.1. The zero-order valence-electron chi connectivity index (χ0n) is 9.69. The van der Waals surface area contributed by atoms with Crippen LogP contribution in [0.25, 0.3) is 0 Å². The van der Waals surface area contributed by atoms with E-state index >= 15 is 0 Å². The summed E-state index contributed by atoms with van der Waals surface area (Å²) < 4.78 is 4.99. The van der Waals surface area contributed by atoms with Gasteiger partial charge in [0, 0.05) is 5.69 Å². The van der Waals surface area contributed by atoms with Gasteiger partial charge in [0.15, 0.2) is 5.82 Å². The second-order valence-electron chi connectivity index (χ2n) is 3.73. The third kappa shape index (κ3) is 2.61. The van der Waals surface area contributed by atoms with Gasteiger partial charge in [0.1, 0.15) is 0 Å². The molecule has 0 aliphatic heterocycles. The van der Waals surface area contributed by atoms with Crippen molar-refractivity contribution in [1.82, 2.24) is 10.1 Å². The number of nitrogens with one attached hydrogen (secondary N) is 1. The van der Waals surface area contributed by atoms with Gasteiger partial charge in [0.25, 0.3) is 0 Å². The molecule has 2 aromatic rings. The van der Waals surface area contributed by atoms with Crippen LogP contribution in [-0.2, 0) is 6.54 Å². The number of rotatable bonds is 3. The number of benzene rings is 1. The molecule has 5 heteroatoms. The molecule has 0 fully saturated rings. The topological polar surface area (TPSA) is 74.7 Å². The fourth-order valence-corrected chi connectivity index (χ4v) is 1.49. The Balaban J connectivity index is 2.05. The molecule has 0 aliphatic rings. The summed E-state index contributed by atoms with van der Waals surface area (Å²) in [6.07, 6.45) is 0. The van der Waals surface area contributed by atoms with E-state index in [9.17, 15) is 0 Å². The highest BCUT2D eigenvalue weighted by atomic mass is 16.5. The fraction of sp³-hybridized carbons (Fsp3) is 0.250. The van der Waals surface area contributed by atoms with Gasteiger partial charge in [-0.1, -0.05) is 5.16 Å². The number of aryl methyl sites for hydroxylation is 2. The lowest BCUT2D eigenvalue weighted by Gasteiger charge is -2.05. The normalized spacial score (nSPS) is 9.94. The van der Waals surface area contributed by atoms with E-state index in [1.165, 1.54) is 0 Å². The van der Waals surface area contributed by atoms with Crippen LogP contribution in [0.4, 0.5) is 5.69 Å². The lowest BCUT2D eigenvalue weighted by atomic mass is 10.1. The van der Waals surface area contributed by atoms with Crippen molar-refractivity contribution in [1.29, 1.82) is 5.26 Å². The van der Waals surface area contributed by atoms with Gasteiger partial charge in [0.05, 0.1) is 18.2 Å². The predicted octanol–water partition coefficient (Wildman–Crippen LogP) is 2.17. The van der Waals surface area contributed by atoms with E-state index in [1.807, 2.05) is 19.1 Å². The van der Waals surface area contributed by atoms with Crippen molar-refractivity contribution in [3.8, 4) is 6.07 Å². The number of hydrogen-bond donors (Lipinski definition) is 1. The van der Waals surface area contributed by atoms with Crippen molar-refractivity contribution in [2.45, 2.75) is 20.4 Å². The minimum absolute atomic E-state index is 0.478. The van der Waals surface area contributed by atoms with Crippen molar-refractivity contribution < 1.29 is 4.52 Å². The summed E-state index contributed by atoms with van der Waals surface area (Å²) in [5.41, 5.74) is 2.56. The maximum atomic E-state index is 8.82. The Kier molecular flexibility index (Phi) is 3.06. The molecular weight excluding hydrogens is 216 g/mol. The maximum absolute atomic E-state index is 8.82. The summed E-state index contributed by atoms with van der Waals surface area (Å²) in [7, 11) is 0. The Morgan fingerprint density at radius 1 is 1.41 bits per heavy atom. The molecule has 2 rings (SSSR count). The first-order valence-corrected chi connectivity index (χ1v) is 5.23. The third-order valence-electron chi connectivity index (χ3n) is 2.36. The molecule has 1 aromatic carbocycles. The Morgan fingerprint density at radius 2 is 2.24 bits per heavy atom. The van der Waals surface area contributed by atoms with E-state index in [4.69, 9.17) is 9.78 Å². The van der Waals surface area contributed by atoms with Crippen LogP contribution in [0.15, 0.2) is 22.7 Å². The monoisotopic (exact) mass is 228 g/mol. The van der Waals surface area contributed by atoms with Crippen molar-refractivity contribution in [2.24, 2.45) is 0 Å². The summed E-state index contributed by atoms with van der Waals surface area (Å²) >= 11 is 0. The first-order valence-electron chi connectivity index (χ1n) is 5.23. The van der Waals surface area contributed by atoms with Gasteiger partial charge >= 0.3 is 0 Å². The van der Waals surface area contributed by atoms with Gasteiger partial charge in [-0.2, -0.15) is 10.2 Å². The fourth-order valence-electron chi connectivity index (χ4n) is 1.49. The number of aromatic nitrogens is 2. The number of nitrogens with zero attached hydrogens (tertiary/aromatic N) is 3. The second-order valence-corrected chi connectivity index (χ2v) is 3.73. The van der Waals surface area contributed by atoms with Crippen molar-refractivity contribution in [2.75, 3.05) is 5.32 Å². The van der Waals surface area contributed by atoms with Gasteiger partial charge in [0.2, 0.25) is 5.89 Å². The quantitative estimate of drug-likeness (QED) is 0.871. The Labute approximate surface area is 99.1 Å². The predicted molar refractivity (Wildman–Crippen MR) is 62.3 cm³/mol. The minimum Gasteiger partial charge on any atom is -0.376 e. The third-order valence-corrected chi connectivity index (χ3v) is 2.36. The summed E-state index contributed by atoms with van der Waals surface area (Å²) in [6, 6.07) is 7.69. The Bertz CT molecular complexity index is 568. The maximum Gasteiger partial charge on any atom is 0.245 e. The molecule has 0 saturated heterocycles. The summed E-state index contributed by atoms with van der Waals surface area (Å²) in [6.45, 7) is 4.16. The van der Waals surface area contributed by atoms with Crippen molar-refractivity contribution in [3.63, 3.8) is 0 Å². The molecule has 0 bridgehead atoms. The Hall–Kier alpha value is -2.35. The molecule has 5 nitrogen and oxygen atoms in total. The molecule has 86 valence electrons. The SMILES string of the molecule is Cc1noc(CNc2ccc(C#N)c(C)c2)n1. The lowest BCUT2D eigenvalue weighted by Crippen LogP contribution is -2.00. The molecule has 0 amide bonds. The van der Waals surface area contributed by atoms with Crippen LogP contribution in [0, 0.1) is 25.2 Å². The number of anilines is 1. The molecule has 1 heterocycles. The van der Waals surface area contributed by atoms with Crippen LogP contribution in [0.3, 0.4) is 0 Å². The van der Waals surface area contributed by atoms with Gasteiger partial charge in [-0.3, -0.25) is 0 Å². The van der Waals surface area contributed by atoms with E-state index in [-0.39, 0.29) is 0 Å². The number of hydrogen-bond acceptors (Lipinski definition) is 5. The average molecular weight is 228 g/mol. The molecule has 0 saturated carbocycles. The summed E-state index contributed by atoms with van der Waals surface area (Å²) in [5.74, 6) is 1.17. The molecule has 1 N–H and O–H groups in total. The zero-order valence-corrected chi connectivity index (χ0v) is 9.69. The van der Waals surface area contributed by atoms with Crippen LogP contribution in [0.2, 0.25) is 0 Å². The second kappa shape index (κ2) is 4.66. The van der Waals surface area contributed by atoms with Crippen molar-refractivity contribution >= 4 is 5.69 Å². The standard InChI is InChI=1S/C12H12N4O/c1-8-5-11(4-3-10(8)6-13)14-7-12-15-9(2)16-17-12/h3-5,14H,7H2,1-2H3. The molecule has 0 radical (unpaired) electrons. The minimum atomic E-state index is 0.478. The Morgan fingerprint density at radius 3 is 2.82 bits per heavy atom. The molecule has 0 atom stereocenters. The van der Waals surface area contributed by atoms with Gasteiger partial charge in [-0.15, -0.1) is 0 Å². The van der Waals surface area contributed by atoms with Gasteiger partial charge in [-0.25, -0.2) is 0 Å². The van der Waals surface area contributed by atoms with Crippen LogP contribution >= 0.6 is 0 Å². The van der Waals surface area contributed by atoms with Gasteiger partial charge in [-0.05, 0) is 37.6 Å². The first-order chi connectivity index (χ1) is 8.19. The highest BCUT2D eigenvalue weighted by Crippen LogP contribution is 2.15. The highest BCUT2D eigenvalue weighted by Gasteiger charge is 2.03. The van der Waals surface area contributed by atoms with E-state index < -0.39 is 0 Å². The van der Waals surface area contributed by atoms with Crippen LogP contribution in [0.1, 0.15) is 22.8 Å². The molecular formula is C12H12N4O. The molecule has 1 aromatic heterocycles. The van der Waals surface area contributed by atoms with E-state index in [2.05, 4.69) is 21.5 Å². The van der Waals surface area contributed by atoms with E-state index in [0.29, 0.717) is 23.8 Å².